The number of carbonyl (C=O) groups excluding carboxylic acids is 1. The van der Waals surface area contributed by atoms with Crippen LogP contribution in [-0.2, 0) is 0 Å². The number of aromatic nitrogens is 2. The molecule has 0 bridgehead atoms. The molecule has 2 aromatic rings. The van der Waals surface area contributed by atoms with Crippen LogP contribution in [0.15, 0.2) is 29.6 Å². The predicted octanol–water partition coefficient (Wildman–Crippen LogP) is 4.47. The lowest BCUT2D eigenvalue weighted by molar-refractivity contribution is 0.0726. The highest BCUT2D eigenvalue weighted by molar-refractivity contribution is 7.99. The Bertz CT molecular complexity index is 692. The van der Waals surface area contributed by atoms with Crippen molar-refractivity contribution in [3.8, 4) is 5.75 Å². The fourth-order valence-corrected chi connectivity index (χ4v) is 2.58. The van der Waals surface area contributed by atoms with Crippen LogP contribution >= 0.6 is 23.4 Å². The van der Waals surface area contributed by atoms with Crippen LogP contribution in [0.2, 0.25) is 5.02 Å². The van der Waals surface area contributed by atoms with Crippen LogP contribution in [0, 0.1) is 13.8 Å². The van der Waals surface area contributed by atoms with E-state index in [2.05, 4.69) is 16.9 Å². The van der Waals surface area contributed by atoms with Crippen LogP contribution in [0.3, 0.4) is 0 Å². The third kappa shape index (κ3) is 3.99. The maximum absolute atomic E-state index is 12.3. The first kappa shape index (κ1) is 16.8. The lowest BCUT2D eigenvalue weighted by Crippen LogP contribution is -2.13. The Labute approximate surface area is 139 Å². The molecular weight excluding hydrogens is 320 g/mol. The number of halogens is 1. The van der Waals surface area contributed by atoms with Crippen LogP contribution in [0.5, 0.6) is 5.75 Å². The summed E-state index contributed by atoms with van der Waals surface area (Å²) in [6.45, 7) is 5.94. The molecule has 0 saturated carbocycles. The Morgan fingerprint density at radius 2 is 2.14 bits per heavy atom. The lowest BCUT2D eigenvalue weighted by Gasteiger charge is -2.10. The molecule has 1 aromatic heterocycles. The number of hydrogen-bond donors (Lipinski definition) is 0. The van der Waals surface area contributed by atoms with E-state index in [9.17, 15) is 4.79 Å². The second-order valence-corrected chi connectivity index (χ2v) is 6.25. The average Bonchev–Trinajstić information content (AvgIpc) is 2.51. The van der Waals surface area contributed by atoms with Gasteiger partial charge in [0.15, 0.2) is 10.9 Å². The fraction of sp³-hybridized carbons (Fsp3) is 0.312. The molecule has 0 saturated heterocycles. The number of ether oxygens (including phenoxy) is 1. The topological polar surface area (TPSA) is 52.1 Å². The number of benzene rings is 1. The summed E-state index contributed by atoms with van der Waals surface area (Å²) in [5.41, 5.74) is 2.07. The molecule has 0 fully saturated rings. The number of thioether (sulfide) groups is 1. The van der Waals surface area contributed by atoms with Gasteiger partial charge in [0.05, 0.1) is 11.2 Å². The molecule has 0 spiro atoms. The number of esters is 1. The smallest absolute Gasteiger partial charge is 0.364 e. The molecule has 2 rings (SSSR count). The molecule has 0 aliphatic carbocycles. The Morgan fingerprint density at radius 3 is 2.86 bits per heavy atom. The Hall–Kier alpha value is -1.59. The second-order valence-electron chi connectivity index (χ2n) is 4.79. The van der Waals surface area contributed by atoms with Crippen LogP contribution in [0.1, 0.15) is 35.0 Å². The van der Waals surface area contributed by atoms with Crippen molar-refractivity contribution >= 4 is 29.3 Å². The van der Waals surface area contributed by atoms with Crippen molar-refractivity contribution in [1.29, 1.82) is 0 Å². The molecule has 22 heavy (non-hydrogen) atoms. The second kappa shape index (κ2) is 7.61. The zero-order valence-corrected chi connectivity index (χ0v) is 14.3. The number of hydrogen-bond acceptors (Lipinski definition) is 5. The molecular formula is C16H17ClN2O2S. The Balaban J connectivity index is 2.23. The van der Waals surface area contributed by atoms with E-state index < -0.39 is 5.97 Å². The van der Waals surface area contributed by atoms with Gasteiger partial charge in [-0.3, -0.25) is 0 Å². The summed E-state index contributed by atoms with van der Waals surface area (Å²) in [5, 5.41) is 0.718. The molecule has 4 nitrogen and oxygen atoms in total. The van der Waals surface area contributed by atoms with Crippen molar-refractivity contribution in [2.75, 3.05) is 5.75 Å². The van der Waals surface area contributed by atoms with Gasteiger partial charge in [0.2, 0.25) is 0 Å². The van der Waals surface area contributed by atoms with Crippen molar-refractivity contribution in [2.45, 2.75) is 32.3 Å². The molecule has 0 radical (unpaired) electrons. The highest BCUT2D eigenvalue weighted by Gasteiger charge is 2.18. The molecule has 6 heteroatoms. The highest BCUT2D eigenvalue weighted by atomic mass is 35.5. The molecule has 0 unspecified atom stereocenters. The van der Waals surface area contributed by atoms with E-state index in [-0.39, 0.29) is 10.7 Å². The first-order chi connectivity index (χ1) is 10.5. The summed E-state index contributed by atoms with van der Waals surface area (Å²) in [6.07, 6.45) is 2.44. The fourth-order valence-electron chi connectivity index (χ4n) is 1.74. The van der Waals surface area contributed by atoms with Gasteiger partial charge in [-0.1, -0.05) is 42.4 Å². The summed E-state index contributed by atoms with van der Waals surface area (Å²) in [4.78, 5) is 20.6. The number of nitrogens with zero attached hydrogens (tertiary/aromatic N) is 2. The SMILES string of the molecule is CCCSc1ncc(Cl)c(C(=O)Oc2cccc(C)c2C)n1. The van der Waals surface area contributed by atoms with Gasteiger partial charge in [0.25, 0.3) is 0 Å². The van der Waals surface area contributed by atoms with Crippen molar-refractivity contribution in [1.82, 2.24) is 9.97 Å². The van der Waals surface area contributed by atoms with Gasteiger partial charge in [-0.25, -0.2) is 14.8 Å². The minimum atomic E-state index is -0.570. The highest BCUT2D eigenvalue weighted by Crippen LogP contribution is 2.24. The van der Waals surface area contributed by atoms with E-state index in [1.54, 1.807) is 6.07 Å². The largest absolute Gasteiger partial charge is 0.421 e. The zero-order chi connectivity index (χ0) is 16.1. The van der Waals surface area contributed by atoms with Crippen LogP contribution in [0.25, 0.3) is 0 Å². The normalized spacial score (nSPS) is 10.5. The predicted molar refractivity (Wildman–Crippen MR) is 88.9 cm³/mol. The standard InChI is InChI=1S/C16H17ClN2O2S/c1-4-8-22-16-18-9-12(17)14(19-16)15(20)21-13-7-5-6-10(2)11(13)3/h5-7,9H,4,8H2,1-3H3. The molecule has 0 aliphatic heterocycles. The maximum atomic E-state index is 12.3. The average molecular weight is 337 g/mol. The maximum Gasteiger partial charge on any atom is 0.364 e. The summed E-state index contributed by atoms with van der Waals surface area (Å²) in [7, 11) is 0. The molecule has 0 amide bonds. The molecule has 1 aromatic carbocycles. The van der Waals surface area contributed by atoms with Crippen molar-refractivity contribution in [3.63, 3.8) is 0 Å². The van der Waals surface area contributed by atoms with Gasteiger partial charge in [-0.05, 0) is 37.5 Å². The Kier molecular flexibility index (Phi) is 5.80. The van der Waals surface area contributed by atoms with Crippen LogP contribution in [0.4, 0.5) is 0 Å². The van der Waals surface area contributed by atoms with Crippen molar-refractivity contribution in [2.24, 2.45) is 0 Å². The van der Waals surface area contributed by atoms with Crippen LogP contribution in [-0.4, -0.2) is 21.7 Å². The van der Waals surface area contributed by atoms with E-state index in [0.717, 1.165) is 23.3 Å². The third-order valence-corrected chi connectivity index (χ3v) is 4.45. The molecule has 116 valence electrons. The van der Waals surface area contributed by atoms with Gasteiger partial charge in [-0.2, -0.15) is 0 Å². The summed E-state index contributed by atoms with van der Waals surface area (Å²) in [5.74, 6) is 0.828. The molecule has 0 N–H and O–H groups in total. The number of carbonyl (C=O) groups is 1. The Morgan fingerprint density at radius 1 is 1.36 bits per heavy atom. The summed E-state index contributed by atoms with van der Waals surface area (Å²) >= 11 is 7.51. The number of rotatable bonds is 5. The monoisotopic (exact) mass is 336 g/mol. The van der Waals surface area contributed by atoms with Crippen molar-refractivity contribution < 1.29 is 9.53 Å². The molecule has 0 aliphatic rings. The van der Waals surface area contributed by atoms with E-state index >= 15 is 0 Å². The van der Waals surface area contributed by atoms with Gasteiger partial charge in [0, 0.05) is 5.75 Å². The lowest BCUT2D eigenvalue weighted by atomic mass is 10.1. The van der Waals surface area contributed by atoms with Gasteiger partial charge in [0.1, 0.15) is 5.75 Å². The van der Waals surface area contributed by atoms with Crippen LogP contribution < -0.4 is 4.74 Å². The van der Waals surface area contributed by atoms with Gasteiger partial charge in [-0.15, -0.1) is 0 Å². The van der Waals surface area contributed by atoms with E-state index in [1.807, 2.05) is 26.0 Å². The zero-order valence-electron chi connectivity index (χ0n) is 12.7. The van der Waals surface area contributed by atoms with Gasteiger partial charge >= 0.3 is 5.97 Å². The van der Waals surface area contributed by atoms with Gasteiger partial charge < -0.3 is 4.74 Å². The van der Waals surface area contributed by atoms with Crippen molar-refractivity contribution in [3.05, 3.63) is 46.2 Å². The third-order valence-electron chi connectivity index (χ3n) is 3.11. The van der Waals surface area contributed by atoms with E-state index in [0.29, 0.717) is 10.9 Å². The minimum Gasteiger partial charge on any atom is -0.421 e. The first-order valence-corrected chi connectivity index (χ1v) is 8.33. The summed E-state index contributed by atoms with van der Waals surface area (Å²) in [6, 6.07) is 5.56. The molecule has 1 heterocycles. The van der Waals surface area contributed by atoms with E-state index in [1.165, 1.54) is 18.0 Å². The summed E-state index contributed by atoms with van der Waals surface area (Å²) < 4.78 is 5.43. The number of aryl methyl sites for hydroxylation is 1. The first-order valence-electron chi connectivity index (χ1n) is 6.96. The quantitative estimate of drug-likeness (QED) is 0.349. The van der Waals surface area contributed by atoms with E-state index in [4.69, 9.17) is 16.3 Å². The molecule has 0 atom stereocenters. The minimum absolute atomic E-state index is 0.0937.